The molecule has 1 aromatic carbocycles. The number of piperazine rings is 1. The number of carbonyl (C=O) groups excluding carboxylic acids is 1. The molecule has 3 aliphatic rings. The Morgan fingerprint density at radius 2 is 1.55 bits per heavy atom. The van der Waals surface area contributed by atoms with E-state index in [1.54, 1.807) is 13.8 Å². The Hall–Kier alpha value is -1.01. The molecule has 1 amide bonds. The van der Waals surface area contributed by atoms with Gasteiger partial charge in [-0.05, 0) is 82.9 Å². The van der Waals surface area contributed by atoms with Gasteiger partial charge in [-0.15, -0.1) is 24.8 Å². The van der Waals surface area contributed by atoms with Crippen molar-refractivity contribution in [3.63, 3.8) is 0 Å². The summed E-state index contributed by atoms with van der Waals surface area (Å²) in [6, 6.07) is 2.81. The van der Waals surface area contributed by atoms with Gasteiger partial charge in [-0.1, -0.05) is 6.42 Å². The molecular weight excluding hydrogens is 554 g/mol. The van der Waals surface area contributed by atoms with Crippen LogP contribution in [0.2, 0.25) is 0 Å². The lowest BCUT2D eigenvalue weighted by Gasteiger charge is -2.42. The summed E-state index contributed by atoms with van der Waals surface area (Å²) in [4.78, 5) is 19.7. The largest absolute Gasteiger partial charge is 0.370 e. The third-order valence-corrected chi connectivity index (χ3v) is 10.2. The number of hydrogen-bond donors (Lipinski definition) is 0. The van der Waals surface area contributed by atoms with Gasteiger partial charge < -0.3 is 14.5 Å². The van der Waals surface area contributed by atoms with Crippen molar-refractivity contribution in [3.8, 4) is 0 Å². The average Bonchev–Trinajstić information content (AvgIpc) is 2.84. The number of rotatable bonds is 7. The van der Waals surface area contributed by atoms with Crippen molar-refractivity contribution in [1.29, 1.82) is 0 Å². The number of aryl methyl sites for hydroxylation is 2. The van der Waals surface area contributed by atoms with Crippen molar-refractivity contribution in [2.45, 2.75) is 62.9 Å². The second-order valence-corrected chi connectivity index (χ2v) is 12.4. The molecule has 8 nitrogen and oxygen atoms in total. The van der Waals surface area contributed by atoms with Gasteiger partial charge in [0.2, 0.25) is 15.9 Å². The van der Waals surface area contributed by atoms with Crippen LogP contribution in [0.5, 0.6) is 0 Å². The van der Waals surface area contributed by atoms with Crippen LogP contribution in [0.4, 0.5) is 4.39 Å². The summed E-state index contributed by atoms with van der Waals surface area (Å²) < 4.78 is 48.2. The summed E-state index contributed by atoms with van der Waals surface area (Å²) in [6.45, 7) is 9.27. The van der Waals surface area contributed by atoms with Crippen LogP contribution in [-0.2, 0) is 19.6 Å². The molecule has 1 atom stereocenters. The standard InChI is InChI=1S/C26H41FN4O4S.2ClH/c1-20-16-22(27)17-21(2)26(20)36(33,34)31-9-5-4-6-24(31)18-35-19-25(32)30-14-12-29(13-15-30)23-7-10-28(3)11-8-23;;/h16-17,23-24H,4-15,18-19H2,1-3H3;2*1H. The number of halogens is 3. The molecule has 0 aliphatic carbocycles. The number of amides is 1. The van der Waals surface area contributed by atoms with Crippen LogP contribution in [0.3, 0.4) is 0 Å². The van der Waals surface area contributed by atoms with Gasteiger partial charge in [0, 0.05) is 44.8 Å². The molecule has 3 fully saturated rings. The van der Waals surface area contributed by atoms with Crippen molar-refractivity contribution in [2.24, 2.45) is 0 Å². The second kappa shape index (κ2) is 14.6. The molecule has 0 N–H and O–H groups in total. The number of ether oxygens (including phenoxy) is 1. The lowest BCUT2D eigenvalue weighted by Crippen LogP contribution is -2.54. The van der Waals surface area contributed by atoms with Crippen molar-refractivity contribution in [2.75, 3.05) is 66.1 Å². The van der Waals surface area contributed by atoms with Gasteiger partial charge in [0.05, 0.1) is 11.5 Å². The smallest absolute Gasteiger partial charge is 0.248 e. The highest BCUT2D eigenvalue weighted by atomic mass is 35.5. The minimum atomic E-state index is -3.80. The molecule has 0 bridgehead atoms. The fraction of sp³-hybridized carbons (Fsp3) is 0.731. The zero-order valence-electron chi connectivity index (χ0n) is 22.7. The summed E-state index contributed by atoms with van der Waals surface area (Å²) in [5, 5.41) is 0. The Bertz CT molecular complexity index is 1010. The topological polar surface area (TPSA) is 73.4 Å². The zero-order chi connectivity index (χ0) is 25.9. The highest BCUT2D eigenvalue weighted by Gasteiger charge is 2.36. The highest BCUT2D eigenvalue weighted by molar-refractivity contribution is 7.89. The molecule has 3 saturated heterocycles. The maximum atomic E-state index is 13.8. The van der Waals surface area contributed by atoms with Crippen molar-refractivity contribution in [1.82, 2.24) is 19.0 Å². The van der Waals surface area contributed by atoms with E-state index in [-0.39, 0.29) is 54.9 Å². The molecular formula is C26H43Cl2FN4O4S. The molecule has 0 radical (unpaired) electrons. The minimum Gasteiger partial charge on any atom is -0.370 e. The van der Waals surface area contributed by atoms with Crippen molar-refractivity contribution < 1.29 is 22.3 Å². The van der Waals surface area contributed by atoms with E-state index in [1.807, 2.05) is 4.90 Å². The predicted octanol–water partition coefficient (Wildman–Crippen LogP) is 3.08. The lowest BCUT2D eigenvalue weighted by atomic mass is 10.0. The van der Waals surface area contributed by atoms with E-state index in [9.17, 15) is 17.6 Å². The first-order chi connectivity index (χ1) is 17.2. The summed E-state index contributed by atoms with van der Waals surface area (Å²) in [6.07, 6.45) is 4.74. The van der Waals surface area contributed by atoms with Gasteiger partial charge in [0.15, 0.2) is 0 Å². The van der Waals surface area contributed by atoms with Gasteiger partial charge >= 0.3 is 0 Å². The van der Waals surface area contributed by atoms with E-state index in [0.29, 0.717) is 43.2 Å². The summed E-state index contributed by atoms with van der Waals surface area (Å²) in [7, 11) is -1.63. The maximum Gasteiger partial charge on any atom is 0.248 e. The van der Waals surface area contributed by atoms with E-state index in [0.717, 1.165) is 39.0 Å². The van der Waals surface area contributed by atoms with Crippen LogP contribution < -0.4 is 0 Å². The zero-order valence-corrected chi connectivity index (χ0v) is 25.2. The van der Waals surface area contributed by atoms with Crippen LogP contribution >= 0.6 is 24.8 Å². The second-order valence-electron chi connectivity index (χ2n) is 10.6. The highest BCUT2D eigenvalue weighted by Crippen LogP contribution is 2.30. The lowest BCUT2D eigenvalue weighted by molar-refractivity contribution is -0.138. The average molecular weight is 598 g/mol. The fourth-order valence-electron chi connectivity index (χ4n) is 5.95. The Morgan fingerprint density at radius 3 is 2.16 bits per heavy atom. The van der Waals surface area contributed by atoms with Crippen LogP contribution in [0, 0.1) is 19.7 Å². The molecule has 0 spiro atoms. The van der Waals surface area contributed by atoms with Gasteiger partial charge in [-0.3, -0.25) is 9.69 Å². The van der Waals surface area contributed by atoms with Crippen LogP contribution in [0.25, 0.3) is 0 Å². The molecule has 38 heavy (non-hydrogen) atoms. The van der Waals surface area contributed by atoms with E-state index in [1.165, 1.54) is 29.3 Å². The number of likely N-dealkylation sites (tertiary alicyclic amines) is 1. The third kappa shape index (κ3) is 7.80. The van der Waals surface area contributed by atoms with E-state index in [2.05, 4.69) is 16.8 Å². The molecule has 1 aromatic rings. The van der Waals surface area contributed by atoms with Gasteiger partial charge in [-0.25, -0.2) is 12.8 Å². The fourth-order valence-corrected chi connectivity index (χ4v) is 8.04. The molecule has 0 saturated carbocycles. The molecule has 3 aliphatic heterocycles. The number of nitrogens with zero attached hydrogens (tertiary/aromatic N) is 4. The summed E-state index contributed by atoms with van der Waals surface area (Å²) in [5.41, 5.74) is 0.819. The molecule has 12 heteroatoms. The van der Waals surface area contributed by atoms with E-state index < -0.39 is 15.8 Å². The summed E-state index contributed by atoms with van der Waals surface area (Å²) >= 11 is 0. The van der Waals surface area contributed by atoms with Crippen LogP contribution in [0.15, 0.2) is 17.0 Å². The normalized spacial score (nSPS) is 22.5. The number of hydrogen-bond acceptors (Lipinski definition) is 6. The molecule has 1 unspecified atom stereocenters. The number of carbonyl (C=O) groups is 1. The molecule has 218 valence electrons. The monoisotopic (exact) mass is 596 g/mol. The number of piperidine rings is 2. The first-order valence-electron chi connectivity index (χ1n) is 13.2. The minimum absolute atomic E-state index is 0. The van der Waals surface area contributed by atoms with E-state index >= 15 is 0 Å². The van der Waals surface area contributed by atoms with Gasteiger partial charge in [-0.2, -0.15) is 4.31 Å². The number of sulfonamides is 1. The Kier molecular flexibility index (Phi) is 12.7. The quantitative estimate of drug-likeness (QED) is 0.481. The van der Waals surface area contributed by atoms with Gasteiger partial charge in [0.25, 0.3) is 0 Å². The van der Waals surface area contributed by atoms with Crippen molar-refractivity contribution in [3.05, 3.63) is 29.1 Å². The van der Waals surface area contributed by atoms with Gasteiger partial charge in [0.1, 0.15) is 12.4 Å². The Balaban J connectivity index is 0.00000253. The summed E-state index contributed by atoms with van der Waals surface area (Å²) in [5.74, 6) is -0.471. The van der Waals surface area contributed by atoms with E-state index in [4.69, 9.17) is 4.74 Å². The SMILES string of the molecule is Cc1cc(F)cc(C)c1S(=O)(=O)N1CCCCC1COCC(=O)N1CCN(C2CCN(C)CC2)CC1.Cl.Cl. The molecule has 4 rings (SSSR count). The molecule has 3 heterocycles. The van der Waals surface area contributed by atoms with Crippen molar-refractivity contribution >= 4 is 40.7 Å². The van der Waals surface area contributed by atoms with Crippen LogP contribution in [0.1, 0.15) is 43.2 Å². The molecule has 0 aromatic heterocycles. The predicted molar refractivity (Wildman–Crippen MR) is 151 cm³/mol. The Labute approximate surface area is 239 Å². The number of benzene rings is 1. The first kappa shape index (κ1) is 33.2. The van der Waals surface area contributed by atoms with Crippen LogP contribution in [-0.4, -0.2) is 111 Å². The first-order valence-corrected chi connectivity index (χ1v) is 14.7. The Morgan fingerprint density at radius 1 is 0.947 bits per heavy atom. The maximum absolute atomic E-state index is 13.8. The third-order valence-electron chi connectivity index (χ3n) is 7.97.